The number of hydrogen-bond donors (Lipinski definition) is 1. The van der Waals surface area contributed by atoms with E-state index in [0.29, 0.717) is 0 Å². The predicted octanol–water partition coefficient (Wildman–Crippen LogP) is 3.65. The predicted molar refractivity (Wildman–Crippen MR) is 80.7 cm³/mol. The van der Waals surface area contributed by atoms with Gasteiger partial charge in [0.2, 0.25) is 0 Å². The van der Waals surface area contributed by atoms with Crippen LogP contribution in [0.5, 0.6) is 0 Å². The maximum Gasteiger partial charge on any atom is 0.0135 e. The first kappa shape index (κ1) is 16.0. The first-order valence-electron chi connectivity index (χ1n) is 8.13. The van der Waals surface area contributed by atoms with Crippen molar-refractivity contribution in [3.8, 4) is 0 Å². The quantitative estimate of drug-likeness (QED) is 0.670. The molecule has 3 unspecified atom stereocenters. The molecule has 2 nitrogen and oxygen atoms in total. The Hall–Kier alpha value is -0.0800. The van der Waals surface area contributed by atoms with Crippen LogP contribution in [0.2, 0.25) is 0 Å². The molecule has 0 aromatic rings. The molecular formula is C16H34N2. The van der Waals surface area contributed by atoms with Crippen LogP contribution in [0.25, 0.3) is 0 Å². The highest BCUT2D eigenvalue weighted by Gasteiger charge is 2.31. The van der Waals surface area contributed by atoms with Crippen molar-refractivity contribution in [3.63, 3.8) is 0 Å². The molecule has 0 spiro atoms. The molecule has 0 heterocycles. The van der Waals surface area contributed by atoms with Gasteiger partial charge in [-0.1, -0.05) is 46.0 Å². The summed E-state index contributed by atoms with van der Waals surface area (Å²) in [6, 6.07) is 0.747. The van der Waals surface area contributed by atoms with Crippen LogP contribution in [0, 0.1) is 11.8 Å². The van der Waals surface area contributed by atoms with Crippen LogP contribution in [0.3, 0.4) is 0 Å². The lowest BCUT2D eigenvalue weighted by atomic mass is 9.76. The SMILES string of the molecule is CCCCCN(C)C1CC(CCC)CCC1CN. The Kier molecular flexibility index (Phi) is 7.92. The highest BCUT2D eigenvalue weighted by atomic mass is 15.1. The second-order valence-corrected chi connectivity index (χ2v) is 6.22. The van der Waals surface area contributed by atoms with Gasteiger partial charge >= 0.3 is 0 Å². The van der Waals surface area contributed by atoms with Gasteiger partial charge in [0.25, 0.3) is 0 Å². The molecule has 18 heavy (non-hydrogen) atoms. The van der Waals surface area contributed by atoms with Crippen molar-refractivity contribution in [2.24, 2.45) is 17.6 Å². The summed E-state index contributed by atoms with van der Waals surface area (Å²) in [5.74, 6) is 1.70. The van der Waals surface area contributed by atoms with Crippen molar-refractivity contribution in [2.45, 2.75) is 71.3 Å². The number of rotatable bonds is 8. The summed E-state index contributed by atoms with van der Waals surface area (Å²) >= 11 is 0. The van der Waals surface area contributed by atoms with Crippen molar-refractivity contribution in [1.29, 1.82) is 0 Å². The van der Waals surface area contributed by atoms with Crippen molar-refractivity contribution in [1.82, 2.24) is 4.90 Å². The number of nitrogens with zero attached hydrogens (tertiary/aromatic N) is 1. The van der Waals surface area contributed by atoms with Crippen LogP contribution in [-0.2, 0) is 0 Å². The van der Waals surface area contributed by atoms with Gasteiger partial charge in [-0.25, -0.2) is 0 Å². The molecule has 0 amide bonds. The van der Waals surface area contributed by atoms with E-state index in [1.165, 1.54) is 57.9 Å². The van der Waals surface area contributed by atoms with Crippen LogP contribution in [-0.4, -0.2) is 31.1 Å². The smallest absolute Gasteiger partial charge is 0.0135 e. The van der Waals surface area contributed by atoms with E-state index < -0.39 is 0 Å². The second kappa shape index (κ2) is 8.92. The minimum atomic E-state index is 0.740. The van der Waals surface area contributed by atoms with Crippen molar-refractivity contribution < 1.29 is 0 Å². The lowest BCUT2D eigenvalue weighted by molar-refractivity contribution is 0.0986. The maximum absolute atomic E-state index is 5.98. The zero-order chi connectivity index (χ0) is 13.4. The Balaban J connectivity index is 2.45. The van der Waals surface area contributed by atoms with Crippen molar-refractivity contribution in [2.75, 3.05) is 20.1 Å². The van der Waals surface area contributed by atoms with Gasteiger partial charge in [-0.15, -0.1) is 0 Å². The summed E-state index contributed by atoms with van der Waals surface area (Å²) in [6.45, 7) is 6.73. The zero-order valence-electron chi connectivity index (χ0n) is 12.8. The summed E-state index contributed by atoms with van der Waals surface area (Å²) in [6.07, 6.45) is 10.9. The van der Waals surface area contributed by atoms with Crippen LogP contribution in [0.4, 0.5) is 0 Å². The minimum Gasteiger partial charge on any atom is -0.330 e. The highest BCUT2D eigenvalue weighted by Crippen LogP contribution is 2.34. The van der Waals surface area contributed by atoms with Gasteiger partial charge in [-0.3, -0.25) is 0 Å². The van der Waals surface area contributed by atoms with E-state index in [-0.39, 0.29) is 0 Å². The fraction of sp³-hybridized carbons (Fsp3) is 1.00. The molecule has 0 aromatic heterocycles. The van der Waals surface area contributed by atoms with Crippen LogP contribution in [0.15, 0.2) is 0 Å². The van der Waals surface area contributed by atoms with Gasteiger partial charge in [-0.2, -0.15) is 0 Å². The fourth-order valence-electron chi connectivity index (χ4n) is 3.56. The lowest BCUT2D eigenvalue weighted by Gasteiger charge is -2.41. The Bertz CT molecular complexity index is 205. The van der Waals surface area contributed by atoms with Crippen molar-refractivity contribution >= 4 is 0 Å². The third kappa shape index (κ3) is 4.89. The molecule has 1 fully saturated rings. The Labute approximate surface area is 114 Å². The molecule has 1 aliphatic carbocycles. The van der Waals surface area contributed by atoms with Gasteiger partial charge in [0.1, 0.15) is 0 Å². The van der Waals surface area contributed by atoms with E-state index in [1.807, 2.05) is 0 Å². The third-order valence-corrected chi connectivity index (χ3v) is 4.74. The molecule has 0 radical (unpaired) electrons. The van der Waals surface area contributed by atoms with E-state index in [1.54, 1.807) is 0 Å². The Morgan fingerprint density at radius 1 is 1.11 bits per heavy atom. The topological polar surface area (TPSA) is 29.3 Å². The summed E-state index contributed by atoms with van der Waals surface area (Å²) in [5.41, 5.74) is 5.98. The minimum absolute atomic E-state index is 0.740. The van der Waals surface area contributed by atoms with Crippen molar-refractivity contribution in [3.05, 3.63) is 0 Å². The number of hydrogen-bond acceptors (Lipinski definition) is 2. The van der Waals surface area contributed by atoms with E-state index in [0.717, 1.165) is 24.4 Å². The Morgan fingerprint density at radius 3 is 2.50 bits per heavy atom. The molecule has 0 saturated heterocycles. The monoisotopic (exact) mass is 254 g/mol. The molecule has 2 N–H and O–H groups in total. The highest BCUT2D eigenvalue weighted by molar-refractivity contribution is 4.86. The Morgan fingerprint density at radius 2 is 1.89 bits per heavy atom. The molecule has 1 saturated carbocycles. The molecule has 1 aliphatic rings. The van der Waals surface area contributed by atoms with Gasteiger partial charge < -0.3 is 10.6 Å². The summed E-state index contributed by atoms with van der Waals surface area (Å²) in [5, 5.41) is 0. The van der Waals surface area contributed by atoms with Gasteiger partial charge in [0, 0.05) is 6.04 Å². The average Bonchev–Trinajstić information content (AvgIpc) is 2.39. The molecule has 0 aliphatic heterocycles. The van der Waals surface area contributed by atoms with Gasteiger partial charge in [0.05, 0.1) is 0 Å². The van der Waals surface area contributed by atoms with Crippen LogP contribution < -0.4 is 5.73 Å². The fourth-order valence-corrected chi connectivity index (χ4v) is 3.56. The molecule has 108 valence electrons. The lowest BCUT2D eigenvalue weighted by Crippen LogP contribution is -2.45. The molecule has 0 bridgehead atoms. The van der Waals surface area contributed by atoms with Crippen LogP contribution in [0.1, 0.15) is 65.2 Å². The summed E-state index contributed by atoms with van der Waals surface area (Å²) in [4.78, 5) is 2.61. The zero-order valence-corrected chi connectivity index (χ0v) is 12.8. The number of nitrogens with two attached hydrogens (primary N) is 1. The molecule has 2 heteroatoms. The summed E-state index contributed by atoms with van der Waals surface area (Å²) < 4.78 is 0. The van der Waals surface area contributed by atoms with Gasteiger partial charge in [0.15, 0.2) is 0 Å². The first-order valence-corrected chi connectivity index (χ1v) is 8.13. The molecule has 1 rings (SSSR count). The molecule has 3 atom stereocenters. The third-order valence-electron chi connectivity index (χ3n) is 4.74. The normalized spacial score (nSPS) is 28.8. The van der Waals surface area contributed by atoms with Crippen LogP contribution >= 0.6 is 0 Å². The number of unbranched alkanes of at least 4 members (excludes halogenated alkanes) is 2. The maximum atomic E-state index is 5.98. The van der Waals surface area contributed by atoms with E-state index in [4.69, 9.17) is 5.73 Å². The van der Waals surface area contributed by atoms with E-state index >= 15 is 0 Å². The first-order chi connectivity index (χ1) is 8.72. The summed E-state index contributed by atoms with van der Waals surface area (Å²) in [7, 11) is 2.32. The average molecular weight is 254 g/mol. The van der Waals surface area contributed by atoms with E-state index in [2.05, 4.69) is 25.8 Å². The van der Waals surface area contributed by atoms with Gasteiger partial charge in [-0.05, 0) is 51.2 Å². The standard InChI is InChI=1S/C16H34N2/c1-4-6-7-11-18(3)16-12-14(8-5-2)9-10-15(16)13-17/h14-16H,4-13,17H2,1-3H3. The molecular weight excluding hydrogens is 220 g/mol. The largest absolute Gasteiger partial charge is 0.330 e. The molecule has 0 aromatic carbocycles. The van der Waals surface area contributed by atoms with E-state index in [9.17, 15) is 0 Å². The second-order valence-electron chi connectivity index (χ2n) is 6.22.